The van der Waals surface area contributed by atoms with Crippen molar-refractivity contribution in [2.24, 2.45) is 5.16 Å². The van der Waals surface area contributed by atoms with Gasteiger partial charge in [-0.3, -0.25) is 19.3 Å². The summed E-state index contributed by atoms with van der Waals surface area (Å²) in [7, 11) is 1.32. The summed E-state index contributed by atoms with van der Waals surface area (Å²) in [5, 5.41) is 12.6. The van der Waals surface area contributed by atoms with E-state index in [9.17, 15) is 19.2 Å². The maximum absolute atomic E-state index is 13.7. The Morgan fingerprint density at radius 1 is 0.940 bits per heavy atom. The average Bonchev–Trinajstić information content (AvgIpc) is 3.59. The minimum absolute atomic E-state index is 0.107. The van der Waals surface area contributed by atoms with Gasteiger partial charge in [-0.1, -0.05) is 96.2 Å². The average molecular weight is 710 g/mol. The van der Waals surface area contributed by atoms with E-state index in [0.29, 0.717) is 17.2 Å². The molecule has 0 spiro atoms. The molecule has 3 aromatic carbocycles. The summed E-state index contributed by atoms with van der Waals surface area (Å²) in [4.78, 5) is 63.1. The second kappa shape index (κ2) is 14.3. The Morgan fingerprint density at radius 3 is 2.00 bits per heavy atom. The van der Waals surface area contributed by atoms with Crippen molar-refractivity contribution in [3.8, 4) is 0 Å². The number of anilines is 1. The number of thioether (sulfide) groups is 1. The number of amides is 2. The van der Waals surface area contributed by atoms with Crippen LogP contribution in [0.4, 0.5) is 5.13 Å². The SMILES string of the molecule is CO/N=C(\C(=O)NC1C(=O)N2C(C(=O)OC(C)(C)C)=C(C=O)SCC12)c1csc(NC(c2ccccc2)(c2ccccc2)c2ccccc2)n1. The molecule has 11 nitrogen and oxygen atoms in total. The second-order valence-corrected chi connectivity index (χ2v) is 14.4. The summed E-state index contributed by atoms with van der Waals surface area (Å²) in [6.07, 6.45) is 0.540. The molecule has 3 heterocycles. The minimum Gasteiger partial charge on any atom is -0.455 e. The maximum atomic E-state index is 13.7. The summed E-state index contributed by atoms with van der Waals surface area (Å²) in [6.45, 7) is 5.09. The Bertz CT molecular complexity index is 1860. The number of β-lactam (4-membered cyclic amide) rings is 1. The van der Waals surface area contributed by atoms with Crippen LogP contribution in [0.2, 0.25) is 0 Å². The fourth-order valence-electron chi connectivity index (χ4n) is 6.01. The highest BCUT2D eigenvalue weighted by Crippen LogP contribution is 2.41. The van der Waals surface area contributed by atoms with Gasteiger partial charge in [0.1, 0.15) is 35.7 Å². The lowest BCUT2D eigenvalue weighted by Gasteiger charge is -2.49. The molecule has 6 rings (SSSR count). The van der Waals surface area contributed by atoms with E-state index in [1.807, 2.05) is 54.6 Å². The number of carbonyl (C=O) groups excluding carboxylic acids is 4. The molecule has 0 radical (unpaired) electrons. The zero-order valence-electron chi connectivity index (χ0n) is 27.8. The molecule has 2 atom stereocenters. The van der Waals surface area contributed by atoms with Crippen LogP contribution in [0.15, 0.2) is 112 Å². The van der Waals surface area contributed by atoms with Crippen molar-refractivity contribution in [2.45, 2.75) is 44.0 Å². The van der Waals surface area contributed by atoms with Gasteiger partial charge in [-0.05, 0) is 37.5 Å². The number of fused-ring (bicyclic) bond motifs is 1. The molecule has 1 saturated heterocycles. The van der Waals surface area contributed by atoms with Crippen molar-refractivity contribution < 1.29 is 28.8 Å². The zero-order valence-corrected chi connectivity index (χ0v) is 29.4. The molecular weight excluding hydrogens is 675 g/mol. The number of carbonyl (C=O) groups is 4. The number of hydrogen-bond acceptors (Lipinski definition) is 11. The van der Waals surface area contributed by atoms with Crippen molar-refractivity contribution in [3.63, 3.8) is 0 Å². The normalized spacial score (nSPS) is 17.7. The van der Waals surface area contributed by atoms with E-state index in [2.05, 4.69) is 52.2 Å². The first-order valence-corrected chi connectivity index (χ1v) is 17.6. The van der Waals surface area contributed by atoms with Gasteiger partial charge in [0.2, 0.25) is 0 Å². The summed E-state index contributed by atoms with van der Waals surface area (Å²) in [6, 6.07) is 28.6. The van der Waals surface area contributed by atoms with Crippen molar-refractivity contribution in [3.05, 3.63) is 129 Å². The van der Waals surface area contributed by atoms with Crippen LogP contribution >= 0.6 is 23.1 Å². The summed E-state index contributed by atoms with van der Waals surface area (Å²) < 4.78 is 5.48. The monoisotopic (exact) mass is 709 g/mol. The van der Waals surface area contributed by atoms with Crippen LogP contribution < -0.4 is 10.6 Å². The molecule has 0 bridgehead atoms. The number of hydrogen-bond donors (Lipinski definition) is 2. The van der Waals surface area contributed by atoms with Crippen molar-refractivity contribution >= 4 is 58.0 Å². The summed E-state index contributed by atoms with van der Waals surface area (Å²) in [5.74, 6) is -1.72. The molecule has 1 aromatic heterocycles. The van der Waals surface area contributed by atoms with Gasteiger partial charge in [0.15, 0.2) is 17.1 Å². The van der Waals surface area contributed by atoms with Gasteiger partial charge >= 0.3 is 5.97 Å². The molecule has 4 aromatic rings. The lowest BCUT2D eigenvalue weighted by atomic mass is 9.77. The Morgan fingerprint density at radius 2 is 1.50 bits per heavy atom. The number of nitrogens with one attached hydrogen (secondary N) is 2. The van der Waals surface area contributed by atoms with Crippen molar-refractivity contribution in [2.75, 3.05) is 18.2 Å². The number of allylic oxidation sites excluding steroid dienone is 1. The van der Waals surface area contributed by atoms with E-state index in [1.54, 1.807) is 26.2 Å². The molecule has 2 N–H and O–H groups in total. The zero-order chi connectivity index (χ0) is 35.5. The molecule has 2 aliphatic heterocycles. The quantitative estimate of drug-likeness (QED) is 0.0545. The van der Waals surface area contributed by atoms with Crippen LogP contribution in [0.25, 0.3) is 0 Å². The third kappa shape index (κ3) is 6.66. The number of benzene rings is 3. The Labute approximate surface area is 297 Å². The van der Waals surface area contributed by atoms with Crippen LogP contribution in [0, 0.1) is 0 Å². The Hall–Kier alpha value is -5.27. The van der Waals surface area contributed by atoms with Crippen molar-refractivity contribution in [1.82, 2.24) is 15.2 Å². The number of aromatic nitrogens is 1. The fraction of sp³-hybridized carbons (Fsp3) is 0.243. The van der Waals surface area contributed by atoms with Crippen LogP contribution in [-0.2, 0) is 34.3 Å². The third-order valence-corrected chi connectivity index (χ3v) is 10.0. The fourth-order valence-corrected chi connectivity index (χ4v) is 7.84. The maximum Gasteiger partial charge on any atom is 0.356 e. The molecule has 0 saturated carbocycles. The highest BCUT2D eigenvalue weighted by atomic mass is 32.2. The van der Waals surface area contributed by atoms with E-state index in [4.69, 9.17) is 14.6 Å². The summed E-state index contributed by atoms with van der Waals surface area (Å²) >= 11 is 2.42. The van der Waals surface area contributed by atoms with Gasteiger partial charge in [0.25, 0.3) is 11.8 Å². The first-order chi connectivity index (χ1) is 24.1. The Kier molecular flexibility index (Phi) is 9.89. The Balaban J connectivity index is 1.28. The molecule has 1 fully saturated rings. The number of aldehydes is 1. The topological polar surface area (TPSA) is 139 Å². The molecule has 0 aliphatic carbocycles. The number of rotatable bonds is 11. The minimum atomic E-state index is -0.971. The molecule has 50 heavy (non-hydrogen) atoms. The first-order valence-electron chi connectivity index (χ1n) is 15.8. The van der Waals surface area contributed by atoms with Gasteiger partial charge in [-0.15, -0.1) is 23.1 Å². The van der Waals surface area contributed by atoms with Gasteiger partial charge in [0.05, 0.1) is 10.9 Å². The van der Waals surface area contributed by atoms with Gasteiger partial charge in [0, 0.05) is 11.1 Å². The van der Waals surface area contributed by atoms with E-state index >= 15 is 0 Å². The molecular formula is C37H35N5O6S2. The summed E-state index contributed by atoms with van der Waals surface area (Å²) in [5.41, 5.74) is 1.24. The third-order valence-electron chi connectivity index (χ3n) is 8.15. The van der Waals surface area contributed by atoms with Gasteiger partial charge < -0.3 is 20.2 Å². The number of thiazole rings is 1. The lowest BCUT2D eigenvalue weighted by Crippen LogP contribution is -2.73. The van der Waals surface area contributed by atoms with Crippen LogP contribution in [-0.4, -0.2) is 70.2 Å². The highest BCUT2D eigenvalue weighted by molar-refractivity contribution is 8.04. The van der Waals surface area contributed by atoms with Crippen molar-refractivity contribution in [1.29, 1.82) is 0 Å². The van der Waals surface area contributed by atoms with E-state index < -0.39 is 41.0 Å². The molecule has 2 unspecified atom stereocenters. The second-order valence-electron chi connectivity index (χ2n) is 12.5. The molecule has 2 aliphatic rings. The number of nitrogens with zero attached hydrogens (tertiary/aromatic N) is 3. The van der Waals surface area contributed by atoms with E-state index in [0.717, 1.165) is 28.5 Å². The van der Waals surface area contributed by atoms with E-state index in [1.165, 1.54) is 23.3 Å². The number of ether oxygens (including phenoxy) is 1. The van der Waals surface area contributed by atoms with Gasteiger partial charge in [-0.25, -0.2) is 9.78 Å². The van der Waals surface area contributed by atoms with E-state index in [-0.39, 0.29) is 22.0 Å². The smallest absolute Gasteiger partial charge is 0.356 e. The highest BCUT2D eigenvalue weighted by Gasteiger charge is 2.54. The van der Waals surface area contributed by atoms with Crippen LogP contribution in [0.1, 0.15) is 43.2 Å². The van der Waals surface area contributed by atoms with Gasteiger partial charge in [-0.2, -0.15) is 0 Å². The first kappa shape index (κ1) is 34.6. The largest absolute Gasteiger partial charge is 0.455 e. The number of oxime groups is 1. The predicted octanol–water partition coefficient (Wildman–Crippen LogP) is 5.09. The number of esters is 1. The standard InChI is InChI=1S/C37H35N5O6S2/c1-36(2,3)48-34(46)31-28(20-43)49-22-27-30(33(45)42(27)31)39-32(44)29(41-47-4)26-21-50-35(38-26)40-37(23-14-8-5-9-15-23,24-16-10-6-11-17-24)25-18-12-7-13-19-25/h5-21,27,30H,22H2,1-4H3,(H,38,40)(H,39,44)/b41-29-. The van der Waals surface area contributed by atoms with Crippen LogP contribution in [0.3, 0.4) is 0 Å². The molecule has 2 amide bonds. The van der Waals surface area contributed by atoms with Crippen LogP contribution in [0.5, 0.6) is 0 Å². The lowest BCUT2D eigenvalue weighted by molar-refractivity contribution is -0.160. The molecule has 256 valence electrons. The molecule has 13 heteroatoms. The predicted molar refractivity (Wildman–Crippen MR) is 192 cm³/mol.